The molecule has 2 aromatic rings. The van der Waals surface area contributed by atoms with Gasteiger partial charge < -0.3 is 20.2 Å². The Hall–Kier alpha value is -3.28. The van der Waals surface area contributed by atoms with Gasteiger partial charge >= 0.3 is 18.4 Å². The molecule has 0 aromatic heterocycles. The number of hydrogen-bond donors (Lipinski definition) is 2. The first-order valence-electron chi connectivity index (χ1n) is 12.6. The Balaban J connectivity index is 1.99. The predicted molar refractivity (Wildman–Crippen MR) is 136 cm³/mol. The summed E-state index contributed by atoms with van der Waals surface area (Å²) in [6.07, 6.45) is -10.1. The molecule has 12 heteroatoms. The van der Waals surface area contributed by atoms with E-state index in [1.807, 2.05) is 12.1 Å². The van der Waals surface area contributed by atoms with E-state index >= 15 is 0 Å². The van der Waals surface area contributed by atoms with Crippen molar-refractivity contribution in [3.63, 3.8) is 0 Å². The third-order valence-electron chi connectivity index (χ3n) is 7.31. The van der Waals surface area contributed by atoms with E-state index in [4.69, 9.17) is 0 Å². The van der Waals surface area contributed by atoms with E-state index in [0.717, 1.165) is 5.56 Å². The summed E-state index contributed by atoms with van der Waals surface area (Å²) in [4.78, 5) is 29.6. The second-order valence-corrected chi connectivity index (χ2v) is 11.3. The Bertz CT molecular complexity index is 1200. The number of nitrogens with zero attached hydrogens (tertiary/aromatic N) is 2. The Morgan fingerprint density at radius 1 is 0.900 bits per heavy atom. The number of aliphatic hydroxyl groups excluding tert-OH is 1. The lowest BCUT2D eigenvalue weighted by Gasteiger charge is -2.36. The van der Waals surface area contributed by atoms with Gasteiger partial charge in [-0.05, 0) is 57.0 Å². The van der Waals surface area contributed by atoms with Gasteiger partial charge in [0.1, 0.15) is 0 Å². The molecule has 220 valence electrons. The summed E-state index contributed by atoms with van der Waals surface area (Å²) in [5.74, 6) is -1.09. The molecule has 0 radical (unpaired) electrons. The fraction of sp³-hybridized carbons (Fsp3) is 0.500. The Labute approximate surface area is 229 Å². The van der Waals surface area contributed by atoms with E-state index in [2.05, 4.69) is 5.32 Å². The molecule has 1 heterocycles. The number of rotatable bonds is 6. The predicted octanol–water partition coefficient (Wildman–Crippen LogP) is 5.41. The first-order valence-corrected chi connectivity index (χ1v) is 12.6. The van der Waals surface area contributed by atoms with Crippen LogP contribution in [0.2, 0.25) is 0 Å². The number of hydrogen-bond acceptors (Lipinski definition) is 3. The van der Waals surface area contributed by atoms with Crippen molar-refractivity contribution in [1.29, 1.82) is 0 Å². The number of carbonyl (C=O) groups is 2. The summed E-state index contributed by atoms with van der Waals surface area (Å²) in [6, 6.07) is 9.08. The van der Waals surface area contributed by atoms with Gasteiger partial charge in [0.15, 0.2) is 0 Å². The van der Waals surface area contributed by atoms with Gasteiger partial charge in [0.05, 0.1) is 34.7 Å². The van der Waals surface area contributed by atoms with Crippen LogP contribution in [-0.4, -0.2) is 65.2 Å². The van der Waals surface area contributed by atoms with Crippen molar-refractivity contribution in [1.82, 2.24) is 15.1 Å². The van der Waals surface area contributed by atoms with Crippen molar-refractivity contribution in [2.45, 2.75) is 63.0 Å². The van der Waals surface area contributed by atoms with Crippen LogP contribution in [0.1, 0.15) is 55.9 Å². The molecule has 1 aliphatic heterocycles. The molecule has 2 N–H and O–H groups in total. The minimum Gasteiger partial charge on any atom is -0.394 e. The van der Waals surface area contributed by atoms with E-state index in [9.17, 15) is 41.0 Å². The van der Waals surface area contributed by atoms with Crippen LogP contribution in [0, 0.1) is 0 Å². The minimum absolute atomic E-state index is 0.0283. The number of likely N-dealkylation sites (tertiary alicyclic amines) is 1. The molecule has 3 amide bonds. The quantitative estimate of drug-likeness (QED) is 0.454. The van der Waals surface area contributed by atoms with Crippen molar-refractivity contribution in [2.75, 3.05) is 26.7 Å². The van der Waals surface area contributed by atoms with E-state index in [1.165, 1.54) is 30.7 Å². The highest BCUT2D eigenvalue weighted by molar-refractivity contribution is 5.88. The zero-order valence-electron chi connectivity index (χ0n) is 22.8. The molecule has 2 atom stereocenters. The summed E-state index contributed by atoms with van der Waals surface area (Å²) >= 11 is 0. The molecular weight excluding hydrogens is 540 g/mol. The third-order valence-corrected chi connectivity index (χ3v) is 7.31. The fourth-order valence-corrected chi connectivity index (χ4v) is 4.81. The monoisotopic (exact) mass is 573 g/mol. The molecule has 1 aliphatic rings. The van der Waals surface area contributed by atoms with Crippen molar-refractivity contribution in [3.8, 4) is 0 Å². The number of likely N-dealkylation sites (N-methyl/N-ethyl adjacent to an activating group) is 1. The first-order chi connectivity index (χ1) is 18.3. The average Bonchev–Trinajstić information content (AvgIpc) is 3.32. The maximum Gasteiger partial charge on any atom is 0.416 e. The average molecular weight is 574 g/mol. The van der Waals surface area contributed by atoms with Crippen LogP contribution in [0.25, 0.3) is 0 Å². The first kappa shape index (κ1) is 31.3. The number of aliphatic hydroxyl groups is 1. The third kappa shape index (κ3) is 6.71. The second kappa shape index (κ2) is 10.9. The maximum absolute atomic E-state index is 13.8. The van der Waals surface area contributed by atoms with Crippen LogP contribution in [0.3, 0.4) is 0 Å². The molecule has 1 saturated heterocycles. The maximum atomic E-state index is 13.8. The lowest BCUT2D eigenvalue weighted by Crippen LogP contribution is -2.52. The number of amides is 3. The van der Waals surface area contributed by atoms with Crippen molar-refractivity contribution < 1.29 is 41.0 Å². The van der Waals surface area contributed by atoms with Crippen LogP contribution in [0.5, 0.6) is 0 Å². The van der Waals surface area contributed by atoms with Crippen LogP contribution in [0.4, 0.5) is 31.1 Å². The van der Waals surface area contributed by atoms with Gasteiger partial charge in [-0.3, -0.25) is 4.79 Å². The van der Waals surface area contributed by atoms with Crippen LogP contribution in [0.15, 0.2) is 48.5 Å². The molecule has 0 aliphatic carbocycles. The van der Waals surface area contributed by atoms with Crippen molar-refractivity contribution in [2.24, 2.45) is 0 Å². The van der Waals surface area contributed by atoms with Gasteiger partial charge in [-0.1, -0.05) is 30.3 Å². The van der Waals surface area contributed by atoms with E-state index in [-0.39, 0.29) is 31.7 Å². The topological polar surface area (TPSA) is 72.9 Å². The van der Waals surface area contributed by atoms with E-state index < -0.39 is 58.0 Å². The SMILES string of the molecule is CN(C(=O)C(C)(C)c1cc(C(F)(F)F)cc(C(F)(F)F)c1)[C@@H]1CN(C(=O)NC(C)(C)CO)CC1c1ccccc1. The Morgan fingerprint density at radius 2 is 1.40 bits per heavy atom. The molecule has 1 unspecified atom stereocenters. The van der Waals surface area contributed by atoms with Gasteiger partial charge in [0.25, 0.3) is 0 Å². The van der Waals surface area contributed by atoms with Crippen LogP contribution in [-0.2, 0) is 22.6 Å². The molecule has 2 aromatic carbocycles. The summed E-state index contributed by atoms with van der Waals surface area (Å²) in [5, 5.41) is 12.3. The zero-order valence-corrected chi connectivity index (χ0v) is 22.8. The van der Waals surface area contributed by atoms with Crippen molar-refractivity contribution >= 4 is 11.9 Å². The van der Waals surface area contributed by atoms with Crippen LogP contribution >= 0.6 is 0 Å². The highest BCUT2D eigenvalue weighted by atomic mass is 19.4. The van der Waals surface area contributed by atoms with Crippen LogP contribution < -0.4 is 5.32 Å². The summed E-state index contributed by atoms with van der Waals surface area (Å²) in [6.45, 7) is 5.76. The van der Waals surface area contributed by atoms with Gasteiger partial charge in [0, 0.05) is 26.1 Å². The lowest BCUT2D eigenvalue weighted by atomic mass is 9.80. The fourth-order valence-electron chi connectivity index (χ4n) is 4.81. The second-order valence-electron chi connectivity index (χ2n) is 11.3. The molecule has 40 heavy (non-hydrogen) atoms. The number of urea groups is 1. The number of benzene rings is 2. The minimum atomic E-state index is -5.05. The Morgan fingerprint density at radius 3 is 1.88 bits per heavy atom. The number of alkyl halides is 6. The smallest absolute Gasteiger partial charge is 0.394 e. The summed E-state index contributed by atoms with van der Waals surface area (Å²) in [7, 11) is 1.43. The van der Waals surface area contributed by atoms with Gasteiger partial charge in [-0.2, -0.15) is 26.3 Å². The largest absolute Gasteiger partial charge is 0.416 e. The highest BCUT2D eigenvalue weighted by Crippen LogP contribution is 2.40. The standard InChI is InChI=1S/C28H33F6N3O3/c1-25(2,16-38)35-24(40)37-14-21(17-9-7-6-8-10-17)22(15-37)36(5)23(39)26(3,4)18-11-19(27(29,30)31)13-20(12-18)28(32,33)34/h6-13,21-22,38H,14-16H2,1-5H3,(H,35,40)/t21?,22-/m1/s1. The summed E-state index contributed by atoms with van der Waals surface area (Å²) < 4.78 is 81.1. The normalized spacial score (nSPS) is 18.6. The lowest BCUT2D eigenvalue weighted by molar-refractivity contribution is -0.144. The zero-order chi connectivity index (χ0) is 30.3. The molecular formula is C28H33F6N3O3. The Kier molecular flexibility index (Phi) is 8.55. The molecule has 6 nitrogen and oxygen atoms in total. The molecule has 0 saturated carbocycles. The van der Waals surface area contributed by atoms with E-state index in [1.54, 1.807) is 32.0 Å². The number of halogens is 6. The van der Waals surface area contributed by atoms with Gasteiger partial charge in [-0.25, -0.2) is 4.79 Å². The molecule has 0 bridgehead atoms. The van der Waals surface area contributed by atoms with Gasteiger partial charge in [-0.15, -0.1) is 0 Å². The summed E-state index contributed by atoms with van der Waals surface area (Å²) in [5.41, 5.74) is -5.32. The molecule has 3 rings (SSSR count). The molecule has 1 fully saturated rings. The highest BCUT2D eigenvalue weighted by Gasteiger charge is 2.45. The number of carbonyl (C=O) groups excluding carboxylic acids is 2. The van der Waals surface area contributed by atoms with E-state index in [0.29, 0.717) is 12.1 Å². The molecule has 0 spiro atoms. The van der Waals surface area contributed by atoms with Gasteiger partial charge in [0.2, 0.25) is 5.91 Å². The number of nitrogens with one attached hydrogen (secondary N) is 1. The van der Waals surface area contributed by atoms with Crippen molar-refractivity contribution in [3.05, 3.63) is 70.8 Å².